The summed E-state index contributed by atoms with van der Waals surface area (Å²) in [5.41, 5.74) is 2.77. The van der Waals surface area contributed by atoms with E-state index in [9.17, 15) is 4.79 Å². The molecule has 0 aliphatic rings. The van der Waals surface area contributed by atoms with Gasteiger partial charge >= 0.3 is 0 Å². The van der Waals surface area contributed by atoms with Gasteiger partial charge in [-0.25, -0.2) is 0 Å². The molecule has 2 aromatic rings. The molecule has 0 bridgehead atoms. The fraction of sp³-hybridized carbons (Fsp3) is 0.316. The van der Waals surface area contributed by atoms with Gasteiger partial charge in [0.15, 0.2) is 0 Å². The van der Waals surface area contributed by atoms with Crippen molar-refractivity contribution < 1.29 is 9.53 Å². The summed E-state index contributed by atoms with van der Waals surface area (Å²) in [6.07, 6.45) is 0. The maximum absolute atomic E-state index is 12.1. The lowest BCUT2D eigenvalue weighted by Crippen LogP contribution is -2.22. The Labute approximate surface area is 143 Å². The molecule has 2 rings (SSSR count). The largest absolute Gasteiger partial charge is 0.497 e. The van der Waals surface area contributed by atoms with Crippen LogP contribution in [0.4, 0.5) is 5.69 Å². The lowest BCUT2D eigenvalue weighted by atomic mass is 10.1. The van der Waals surface area contributed by atoms with Crippen molar-refractivity contribution in [2.45, 2.75) is 6.54 Å². The molecule has 2 N–H and O–H groups in total. The van der Waals surface area contributed by atoms with Gasteiger partial charge in [0.2, 0.25) is 0 Å². The Hall–Kier alpha value is -2.53. The van der Waals surface area contributed by atoms with Crippen LogP contribution in [0.2, 0.25) is 0 Å². The van der Waals surface area contributed by atoms with Crippen molar-refractivity contribution in [3.63, 3.8) is 0 Å². The smallest absolute Gasteiger partial charge is 0.251 e. The number of ether oxygens (including phenoxy) is 1. The summed E-state index contributed by atoms with van der Waals surface area (Å²) in [6.45, 7) is 2.39. The number of carbonyl (C=O) groups excluding carboxylic acids is 1. The van der Waals surface area contributed by atoms with Crippen LogP contribution < -0.4 is 15.4 Å². The summed E-state index contributed by atoms with van der Waals surface area (Å²) >= 11 is 0. The van der Waals surface area contributed by atoms with Gasteiger partial charge in [0.1, 0.15) is 5.75 Å². The molecule has 0 spiro atoms. The molecule has 0 saturated carbocycles. The van der Waals surface area contributed by atoms with Crippen LogP contribution in [0.5, 0.6) is 5.75 Å². The Morgan fingerprint density at radius 1 is 1.04 bits per heavy atom. The minimum atomic E-state index is -0.0918. The van der Waals surface area contributed by atoms with Crippen LogP contribution in [0.25, 0.3) is 0 Å². The lowest BCUT2D eigenvalue weighted by Gasteiger charge is -2.12. The Bertz CT molecular complexity index is 637. The highest BCUT2D eigenvalue weighted by Crippen LogP contribution is 2.12. The van der Waals surface area contributed by atoms with Gasteiger partial charge in [0.05, 0.1) is 7.11 Å². The number of nitrogens with one attached hydrogen (secondary N) is 2. The summed E-state index contributed by atoms with van der Waals surface area (Å²) in [4.78, 5) is 14.3. The molecule has 0 unspecified atom stereocenters. The molecule has 24 heavy (non-hydrogen) atoms. The Morgan fingerprint density at radius 2 is 1.71 bits per heavy atom. The second-order valence-corrected chi connectivity index (χ2v) is 5.84. The molecule has 2 aromatic carbocycles. The van der Waals surface area contributed by atoms with E-state index in [1.807, 2.05) is 24.3 Å². The first kappa shape index (κ1) is 17.8. The SMILES string of the molecule is COc1ccc(C(=O)NCc2ccc(NCCN(C)C)cc2)cc1. The number of amides is 1. The highest BCUT2D eigenvalue weighted by atomic mass is 16.5. The molecule has 0 fully saturated rings. The summed E-state index contributed by atoms with van der Waals surface area (Å²) in [5.74, 6) is 0.648. The second-order valence-electron chi connectivity index (χ2n) is 5.84. The van der Waals surface area contributed by atoms with Crippen LogP contribution in [0.1, 0.15) is 15.9 Å². The van der Waals surface area contributed by atoms with Crippen molar-refractivity contribution in [2.24, 2.45) is 0 Å². The lowest BCUT2D eigenvalue weighted by molar-refractivity contribution is 0.0951. The predicted molar refractivity (Wildman–Crippen MR) is 97.6 cm³/mol. The molecule has 5 nitrogen and oxygen atoms in total. The third-order valence-electron chi connectivity index (χ3n) is 3.65. The number of anilines is 1. The summed E-state index contributed by atoms with van der Waals surface area (Å²) in [5, 5.41) is 6.29. The topological polar surface area (TPSA) is 53.6 Å². The standard InChI is InChI=1S/C19H25N3O2/c1-22(2)13-12-20-17-8-4-15(5-9-17)14-21-19(23)16-6-10-18(24-3)11-7-16/h4-11,20H,12-14H2,1-3H3,(H,21,23). The zero-order valence-electron chi connectivity index (χ0n) is 14.5. The van der Waals surface area contributed by atoms with Gasteiger partial charge in [-0.1, -0.05) is 12.1 Å². The van der Waals surface area contributed by atoms with Crippen LogP contribution in [0.15, 0.2) is 48.5 Å². The molecular formula is C19H25N3O2. The fourth-order valence-corrected chi connectivity index (χ4v) is 2.19. The van der Waals surface area contributed by atoms with Gasteiger partial charge in [-0.15, -0.1) is 0 Å². The average molecular weight is 327 g/mol. The Balaban J connectivity index is 1.81. The summed E-state index contributed by atoms with van der Waals surface area (Å²) in [7, 11) is 5.71. The van der Waals surface area contributed by atoms with E-state index < -0.39 is 0 Å². The molecule has 0 saturated heterocycles. The van der Waals surface area contributed by atoms with Gasteiger partial charge < -0.3 is 20.3 Å². The van der Waals surface area contributed by atoms with Crippen LogP contribution in [-0.2, 0) is 6.54 Å². The van der Waals surface area contributed by atoms with E-state index in [1.54, 1.807) is 31.4 Å². The van der Waals surface area contributed by atoms with Gasteiger partial charge in [0.25, 0.3) is 5.91 Å². The second kappa shape index (κ2) is 8.93. The van der Waals surface area contributed by atoms with E-state index in [0.29, 0.717) is 12.1 Å². The monoisotopic (exact) mass is 327 g/mol. The first-order valence-corrected chi connectivity index (χ1v) is 7.98. The number of methoxy groups -OCH3 is 1. The highest BCUT2D eigenvalue weighted by molar-refractivity contribution is 5.94. The number of rotatable bonds is 8. The summed E-state index contributed by atoms with van der Waals surface area (Å²) in [6, 6.07) is 15.2. The van der Waals surface area contributed by atoms with Gasteiger partial charge in [-0.3, -0.25) is 4.79 Å². The quantitative estimate of drug-likeness (QED) is 0.782. The molecule has 128 valence electrons. The van der Waals surface area contributed by atoms with Crippen molar-refractivity contribution in [3.05, 3.63) is 59.7 Å². The predicted octanol–water partition coefficient (Wildman–Crippen LogP) is 2.60. The number of hydrogen-bond donors (Lipinski definition) is 2. The van der Waals surface area contributed by atoms with Crippen molar-refractivity contribution in [3.8, 4) is 5.75 Å². The minimum absolute atomic E-state index is 0.0918. The van der Waals surface area contributed by atoms with Crippen LogP contribution in [0.3, 0.4) is 0 Å². The number of benzene rings is 2. The van der Waals surface area contributed by atoms with Gasteiger partial charge in [-0.2, -0.15) is 0 Å². The van der Waals surface area contributed by atoms with E-state index >= 15 is 0 Å². The molecular weight excluding hydrogens is 302 g/mol. The maximum atomic E-state index is 12.1. The van der Waals surface area contributed by atoms with Crippen molar-refractivity contribution >= 4 is 11.6 Å². The third kappa shape index (κ3) is 5.59. The van der Waals surface area contributed by atoms with Crippen LogP contribution in [-0.4, -0.2) is 45.1 Å². The van der Waals surface area contributed by atoms with E-state index in [2.05, 4.69) is 29.6 Å². The first-order chi connectivity index (χ1) is 11.6. The van der Waals surface area contributed by atoms with Crippen molar-refractivity contribution in [1.82, 2.24) is 10.2 Å². The van der Waals surface area contributed by atoms with Gasteiger partial charge in [-0.05, 0) is 56.1 Å². The molecule has 0 aliphatic heterocycles. The average Bonchev–Trinajstić information content (AvgIpc) is 2.60. The molecule has 5 heteroatoms. The van der Waals surface area contributed by atoms with Crippen molar-refractivity contribution in [2.75, 3.05) is 39.6 Å². The first-order valence-electron chi connectivity index (χ1n) is 7.98. The van der Waals surface area contributed by atoms with Crippen LogP contribution >= 0.6 is 0 Å². The van der Waals surface area contributed by atoms with E-state index in [0.717, 1.165) is 30.1 Å². The van der Waals surface area contributed by atoms with E-state index in [-0.39, 0.29) is 5.91 Å². The summed E-state index contributed by atoms with van der Waals surface area (Å²) < 4.78 is 5.09. The van der Waals surface area contributed by atoms with E-state index in [4.69, 9.17) is 4.74 Å². The number of nitrogens with zero attached hydrogens (tertiary/aromatic N) is 1. The minimum Gasteiger partial charge on any atom is -0.497 e. The number of likely N-dealkylation sites (N-methyl/N-ethyl adjacent to an activating group) is 1. The third-order valence-corrected chi connectivity index (χ3v) is 3.65. The Kier molecular flexibility index (Phi) is 6.63. The molecule has 1 amide bonds. The van der Waals surface area contributed by atoms with Crippen molar-refractivity contribution in [1.29, 1.82) is 0 Å². The molecule has 0 atom stereocenters. The van der Waals surface area contributed by atoms with E-state index in [1.165, 1.54) is 0 Å². The number of hydrogen-bond acceptors (Lipinski definition) is 4. The normalized spacial score (nSPS) is 10.5. The molecule has 0 aliphatic carbocycles. The molecule has 0 radical (unpaired) electrons. The maximum Gasteiger partial charge on any atom is 0.251 e. The Morgan fingerprint density at radius 3 is 2.29 bits per heavy atom. The fourth-order valence-electron chi connectivity index (χ4n) is 2.19. The van der Waals surface area contributed by atoms with Crippen LogP contribution in [0, 0.1) is 0 Å². The molecule has 0 aromatic heterocycles. The number of carbonyl (C=O) groups is 1. The zero-order chi connectivity index (χ0) is 17.4. The zero-order valence-corrected chi connectivity index (χ0v) is 14.5. The van der Waals surface area contributed by atoms with Gasteiger partial charge in [0, 0.05) is 30.9 Å². The highest BCUT2D eigenvalue weighted by Gasteiger charge is 2.05. The molecule has 0 heterocycles.